The van der Waals surface area contributed by atoms with E-state index in [1.165, 1.54) is 18.3 Å². The van der Waals surface area contributed by atoms with Crippen molar-refractivity contribution in [1.29, 1.82) is 5.41 Å². The largest absolute Gasteiger partial charge is 0.352 e. The van der Waals surface area contributed by atoms with E-state index < -0.39 is 12.1 Å². The Morgan fingerprint density at radius 2 is 2.03 bits per heavy atom. The zero-order valence-electron chi connectivity index (χ0n) is 18.3. The van der Waals surface area contributed by atoms with Gasteiger partial charge < -0.3 is 20.9 Å². The Morgan fingerprint density at radius 1 is 1.18 bits per heavy atom. The summed E-state index contributed by atoms with van der Waals surface area (Å²) in [6, 6.07) is 9.63. The highest BCUT2D eigenvalue weighted by Crippen LogP contribution is 2.24. The maximum Gasteiger partial charge on any atom is 0.256 e. The molecule has 2 amide bonds. The van der Waals surface area contributed by atoms with Crippen LogP contribution >= 0.6 is 0 Å². The van der Waals surface area contributed by atoms with E-state index in [1.807, 2.05) is 19.1 Å². The zero-order valence-corrected chi connectivity index (χ0v) is 18.3. The summed E-state index contributed by atoms with van der Waals surface area (Å²) in [5.41, 5.74) is 5.76. The van der Waals surface area contributed by atoms with Gasteiger partial charge in [-0.1, -0.05) is 11.6 Å². The van der Waals surface area contributed by atoms with E-state index >= 15 is 0 Å². The summed E-state index contributed by atoms with van der Waals surface area (Å²) in [6.07, 6.45) is 2.66. The molecular formula is C23H26FN7O2. The van der Waals surface area contributed by atoms with Gasteiger partial charge in [-0.3, -0.25) is 19.9 Å². The highest BCUT2D eigenvalue weighted by Gasteiger charge is 2.30. The second-order valence-corrected chi connectivity index (χ2v) is 8.00. The van der Waals surface area contributed by atoms with Gasteiger partial charge in [0, 0.05) is 38.1 Å². The molecule has 9 nitrogen and oxygen atoms in total. The smallest absolute Gasteiger partial charge is 0.256 e. The molecule has 0 spiro atoms. The van der Waals surface area contributed by atoms with Crippen molar-refractivity contribution in [3.05, 3.63) is 58.9 Å². The molecule has 4 rings (SSSR count). The van der Waals surface area contributed by atoms with Crippen molar-refractivity contribution in [3.8, 4) is 0 Å². The van der Waals surface area contributed by atoms with Gasteiger partial charge in [0.1, 0.15) is 5.82 Å². The Labute approximate surface area is 191 Å². The third-order valence-corrected chi connectivity index (χ3v) is 5.71. The third kappa shape index (κ3) is 5.01. The number of aryl methyl sites for hydroxylation is 1. The molecule has 2 heterocycles. The summed E-state index contributed by atoms with van der Waals surface area (Å²) in [7, 11) is 0. The van der Waals surface area contributed by atoms with Gasteiger partial charge >= 0.3 is 0 Å². The molecule has 10 heteroatoms. The van der Waals surface area contributed by atoms with Crippen LogP contribution in [0.3, 0.4) is 0 Å². The Bertz CT molecular complexity index is 1100. The Morgan fingerprint density at radius 3 is 2.85 bits per heavy atom. The van der Waals surface area contributed by atoms with Gasteiger partial charge in [-0.15, -0.1) is 0 Å². The van der Waals surface area contributed by atoms with Gasteiger partial charge in [-0.2, -0.15) is 5.10 Å². The molecule has 1 atom stereocenters. The molecule has 1 fully saturated rings. The molecule has 1 saturated heterocycles. The first-order valence-corrected chi connectivity index (χ1v) is 10.8. The number of benzene rings is 2. The SMILES string of the molecule is Cc1ccc(N/N=C\C=N)c(C(=O)N2CCCN(C3NC(=O)c4cc(F)ccc4N3)CC2)c1. The minimum Gasteiger partial charge on any atom is -0.352 e. The quantitative estimate of drug-likeness (QED) is 0.412. The van der Waals surface area contributed by atoms with E-state index in [-0.39, 0.29) is 17.4 Å². The predicted molar refractivity (Wildman–Crippen MR) is 125 cm³/mol. The first-order chi connectivity index (χ1) is 16.0. The first-order valence-electron chi connectivity index (χ1n) is 10.8. The van der Waals surface area contributed by atoms with Crippen LogP contribution in [0.25, 0.3) is 0 Å². The molecule has 33 heavy (non-hydrogen) atoms. The number of hydrazone groups is 1. The van der Waals surface area contributed by atoms with Crippen molar-refractivity contribution >= 4 is 35.6 Å². The number of nitrogens with one attached hydrogen (secondary N) is 4. The zero-order chi connectivity index (χ0) is 23.4. The summed E-state index contributed by atoms with van der Waals surface area (Å²) < 4.78 is 13.5. The lowest BCUT2D eigenvalue weighted by molar-refractivity contribution is 0.0748. The molecule has 2 aliphatic rings. The van der Waals surface area contributed by atoms with Crippen LogP contribution in [0.4, 0.5) is 15.8 Å². The van der Waals surface area contributed by atoms with Crippen molar-refractivity contribution < 1.29 is 14.0 Å². The average molecular weight is 452 g/mol. The Balaban J connectivity index is 1.46. The number of amides is 2. The number of hydrogen-bond donors (Lipinski definition) is 4. The number of carbonyl (C=O) groups excluding carboxylic acids is 2. The highest BCUT2D eigenvalue weighted by molar-refractivity contribution is 6.14. The maximum atomic E-state index is 13.5. The number of anilines is 2. The molecule has 2 aliphatic heterocycles. The molecule has 0 saturated carbocycles. The van der Waals surface area contributed by atoms with E-state index in [4.69, 9.17) is 5.41 Å². The molecule has 0 aromatic heterocycles. The summed E-state index contributed by atoms with van der Waals surface area (Å²) in [5.74, 6) is -0.887. The van der Waals surface area contributed by atoms with Gasteiger partial charge in [0.05, 0.1) is 23.0 Å². The minimum absolute atomic E-state index is 0.102. The van der Waals surface area contributed by atoms with Crippen molar-refractivity contribution in [3.63, 3.8) is 0 Å². The van der Waals surface area contributed by atoms with Crippen LogP contribution in [-0.4, -0.2) is 66.5 Å². The fourth-order valence-corrected chi connectivity index (χ4v) is 4.04. The van der Waals surface area contributed by atoms with Crippen molar-refractivity contribution in [2.75, 3.05) is 36.9 Å². The van der Waals surface area contributed by atoms with Crippen LogP contribution in [0, 0.1) is 18.2 Å². The lowest BCUT2D eigenvalue weighted by Crippen LogP contribution is -2.56. The van der Waals surface area contributed by atoms with Gasteiger partial charge in [0.15, 0.2) is 6.29 Å². The molecule has 0 radical (unpaired) electrons. The second-order valence-electron chi connectivity index (χ2n) is 8.00. The van der Waals surface area contributed by atoms with Crippen LogP contribution in [0.15, 0.2) is 41.5 Å². The van der Waals surface area contributed by atoms with Crippen molar-refractivity contribution in [2.24, 2.45) is 5.10 Å². The topological polar surface area (TPSA) is 113 Å². The first kappa shape index (κ1) is 22.4. The molecule has 2 aromatic rings. The molecule has 1 unspecified atom stereocenters. The monoisotopic (exact) mass is 451 g/mol. The fraction of sp³-hybridized carbons (Fsp3) is 0.304. The number of halogens is 1. The number of carbonyl (C=O) groups is 2. The Hall–Kier alpha value is -3.79. The van der Waals surface area contributed by atoms with E-state index in [1.54, 1.807) is 17.0 Å². The van der Waals surface area contributed by atoms with Gasteiger partial charge in [-0.05, 0) is 43.7 Å². The van der Waals surface area contributed by atoms with Crippen molar-refractivity contribution in [2.45, 2.75) is 19.6 Å². The van der Waals surface area contributed by atoms with E-state index in [0.29, 0.717) is 43.1 Å². The molecule has 0 bridgehead atoms. The van der Waals surface area contributed by atoms with Crippen LogP contribution in [0.5, 0.6) is 0 Å². The van der Waals surface area contributed by atoms with Gasteiger partial charge in [-0.25, -0.2) is 4.39 Å². The molecule has 2 aromatic carbocycles. The minimum atomic E-state index is -0.457. The lowest BCUT2D eigenvalue weighted by Gasteiger charge is -2.36. The molecule has 0 aliphatic carbocycles. The van der Waals surface area contributed by atoms with Crippen molar-refractivity contribution in [1.82, 2.24) is 15.1 Å². The van der Waals surface area contributed by atoms with E-state index in [9.17, 15) is 14.0 Å². The number of rotatable bonds is 5. The maximum absolute atomic E-state index is 13.5. The normalized spacial score (nSPS) is 18.8. The van der Waals surface area contributed by atoms with E-state index in [2.05, 4.69) is 26.1 Å². The predicted octanol–water partition coefficient (Wildman–Crippen LogP) is 2.47. The number of nitrogens with zero attached hydrogens (tertiary/aromatic N) is 3. The van der Waals surface area contributed by atoms with Crippen LogP contribution in [0.2, 0.25) is 0 Å². The van der Waals surface area contributed by atoms with Crippen LogP contribution < -0.4 is 16.1 Å². The molecule has 172 valence electrons. The number of fused-ring (bicyclic) bond motifs is 1. The second kappa shape index (κ2) is 9.78. The van der Waals surface area contributed by atoms with Crippen LogP contribution in [0.1, 0.15) is 32.7 Å². The summed E-state index contributed by atoms with van der Waals surface area (Å²) >= 11 is 0. The van der Waals surface area contributed by atoms with E-state index in [0.717, 1.165) is 18.2 Å². The average Bonchev–Trinajstić information content (AvgIpc) is 3.06. The Kier molecular flexibility index (Phi) is 6.64. The van der Waals surface area contributed by atoms with Crippen LogP contribution in [-0.2, 0) is 0 Å². The van der Waals surface area contributed by atoms with Gasteiger partial charge in [0.25, 0.3) is 11.8 Å². The summed E-state index contributed by atoms with van der Waals surface area (Å²) in [4.78, 5) is 29.7. The third-order valence-electron chi connectivity index (χ3n) is 5.71. The van der Waals surface area contributed by atoms with Gasteiger partial charge in [0.2, 0.25) is 0 Å². The highest BCUT2D eigenvalue weighted by atomic mass is 19.1. The lowest BCUT2D eigenvalue weighted by atomic mass is 10.1. The molecule has 4 N–H and O–H groups in total. The summed E-state index contributed by atoms with van der Waals surface area (Å²) in [5, 5.41) is 17.1. The fourth-order valence-electron chi connectivity index (χ4n) is 4.04. The molecular weight excluding hydrogens is 425 g/mol. The summed E-state index contributed by atoms with van der Waals surface area (Å²) in [6.45, 7) is 4.23. The number of hydrogen-bond acceptors (Lipinski definition) is 7. The standard InChI is InChI=1S/C23H26FN7O2/c1-15-3-5-20(29-26-8-7-25)18(13-15)22(33)30-9-2-10-31(12-11-30)23-27-19-6-4-16(24)14-17(19)21(32)28-23/h3-8,13-14,23,25,27,29H,2,9-12H2,1H3,(H,28,32)/b25-7?,26-8-.